The Bertz CT molecular complexity index is 1240. The summed E-state index contributed by atoms with van der Waals surface area (Å²) in [4.78, 5) is 17.0. The van der Waals surface area contributed by atoms with Crippen molar-refractivity contribution in [1.29, 1.82) is 0 Å². The van der Waals surface area contributed by atoms with Crippen LogP contribution in [-0.2, 0) is 0 Å². The van der Waals surface area contributed by atoms with Crippen molar-refractivity contribution in [2.24, 2.45) is 0 Å². The molecule has 1 aromatic heterocycles. The van der Waals surface area contributed by atoms with Gasteiger partial charge >= 0.3 is 0 Å². The van der Waals surface area contributed by atoms with Crippen LogP contribution in [0.25, 0.3) is 20.5 Å². The highest BCUT2D eigenvalue weighted by molar-refractivity contribution is 7.22. The van der Waals surface area contributed by atoms with E-state index < -0.39 is 0 Å². The fourth-order valence-electron chi connectivity index (χ4n) is 4.36. The lowest BCUT2D eigenvalue weighted by Gasteiger charge is -2.15. The van der Waals surface area contributed by atoms with E-state index in [4.69, 9.17) is 9.47 Å². The van der Waals surface area contributed by atoms with Crippen molar-refractivity contribution in [3.05, 3.63) is 83.9 Å². The van der Waals surface area contributed by atoms with Crippen LogP contribution in [0.5, 0.6) is 11.5 Å². The molecule has 33 heavy (non-hydrogen) atoms. The number of methoxy groups -OCH3 is 1. The molecule has 168 valence electrons. The summed E-state index contributed by atoms with van der Waals surface area (Å²) in [6.07, 6.45) is 2.59. The largest absolute Gasteiger partial charge is 0.497 e. The molecule has 4 aromatic rings. The summed E-state index contributed by atoms with van der Waals surface area (Å²) in [5, 5.41) is 0.990. The molecule has 0 saturated carbocycles. The molecular weight excluding hydrogens is 430 g/mol. The molecule has 0 aliphatic carbocycles. The maximum atomic E-state index is 13.6. The maximum Gasteiger partial charge on any atom is 0.195 e. The third-order valence-electron chi connectivity index (χ3n) is 6.17. The van der Waals surface area contributed by atoms with Gasteiger partial charge in [-0.15, -0.1) is 11.3 Å². The van der Waals surface area contributed by atoms with Gasteiger partial charge in [0.05, 0.1) is 7.11 Å². The Labute approximate surface area is 198 Å². The molecule has 5 heteroatoms. The predicted molar refractivity (Wildman–Crippen MR) is 135 cm³/mol. The van der Waals surface area contributed by atoms with Crippen LogP contribution in [0.4, 0.5) is 0 Å². The van der Waals surface area contributed by atoms with Gasteiger partial charge in [-0.25, -0.2) is 0 Å². The molecule has 5 rings (SSSR count). The lowest BCUT2D eigenvalue weighted by Crippen LogP contribution is -2.25. The number of fused-ring (bicyclic) bond motifs is 1. The van der Waals surface area contributed by atoms with Crippen LogP contribution in [-0.4, -0.2) is 44.0 Å². The van der Waals surface area contributed by atoms with Gasteiger partial charge in [0.15, 0.2) is 5.78 Å². The van der Waals surface area contributed by atoms with Crippen molar-refractivity contribution < 1.29 is 14.3 Å². The van der Waals surface area contributed by atoms with Crippen LogP contribution in [0.3, 0.4) is 0 Å². The Morgan fingerprint density at radius 1 is 0.909 bits per heavy atom. The minimum Gasteiger partial charge on any atom is -0.497 e. The van der Waals surface area contributed by atoms with Gasteiger partial charge in [-0.3, -0.25) is 9.69 Å². The number of ketones is 1. The second kappa shape index (κ2) is 9.77. The van der Waals surface area contributed by atoms with Crippen molar-refractivity contribution in [1.82, 2.24) is 4.90 Å². The van der Waals surface area contributed by atoms with Crippen molar-refractivity contribution in [2.45, 2.75) is 12.8 Å². The minimum absolute atomic E-state index is 0.0241. The minimum atomic E-state index is 0.0241. The molecule has 2 heterocycles. The van der Waals surface area contributed by atoms with Crippen LogP contribution in [0.1, 0.15) is 28.8 Å². The number of rotatable bonds is 8. The zero-order chi connectivity index (χ0) is 22.6. The number of carbonyl (C=O) groups excluding carboxylic acids is 1. The topological polar surface area (TPSA) is 38.8 Å². The van der Waals surface area contributed by atoms with E-state index in [0.717, 1.165) is 44.1 Å². The van der Waals surface area contributed by atoms with E-state index in [1.165, 1.54) is 25.9 Å². The van der Waals surface area contributed by atoms with E-state index in [-0.39, 0.29) is 5.78 Å². The molecule has 0 N–H and O–H groups in total. The number of ether oxygens (including phenoxy) is 2. The van der Waals surface area contributed by atoms with Gasteiger partial charge in [-0.1, -0.05) is 18.2 Å². The molecule has 1 fully saturated rings. The van der Waals surface area contributed by atoms with Crippen LogP contribution >= 0.6 is 11.3 Å². The molecule has 0 radical (unpaired) electrons. The Hall–Kier alpha value is -3.15. The second-order valence-electron chi connectivity index (χ2n) is 8.28. The first-order valence-electron chi connectivity index (χ1n) is 11.4. The SMILES string of the molecule is COc1ccc(C(=O)c2c(-c3ccc(OCCN4CCCC4)cc3)sc3ccccc23)cc1. The molecule has 3 aromatic carbocycles. The van der Waals surface area contributed by atoms with Gasteiger partial charge in [0.1, 0.15) is 18.1 Å². The molecule has 4 nitrogen and oxygen atoms in total. The van der Waals surface area contributed by atoms with Crippen LogP contribution < -0.4 is 9.47 Å². The molecule has 0 unspecified atom stereocenters. The monoisotopic (exact) mass is 457 g/mol. The van der Waals surface area contributed by atoms with Crippen molar-refractivity contribution in [3.8, 4) is 21.9 Å². The highest BCUT2D eigenvalue weighted by Gasteiger charge is 2.21. The molecule has 0 atom stereocenters. The van der Waals surface area contributed by atoms with E-state index in [0.29, 0.717) is 12.2 Å². The molecule has 0 spiro atoms. The molecule has 1 saturated heterocycles. The highest BCUT2D eigenvalue weighted by atomic mass is 32.1. The molecule has 0 bridgehead atoms. The first-order chi connectivity index (χ1) is 16.2. The van der Waals surface area contributed by atoms with Gasteiger partial charge in [-0.2, -0.15) is 0 Å². The number of thiophene rings is 1. The molecule has 1 aliphatic rings. The third-order valence-corrected chi connectivity index (χ3v) is 7.39. The van der Waals surface area contributed by atoms with E-state index in [9.17, 15) is 4.79 Å². The summed E-state index contributed by atoms with van der Waals surface area (Å²) in [5.41, 5.74) is 2.44. The van der Waals surface area contributed by atoms with Crippen molar-refractivity contribution in [3.63, 3.8) is 0 Å². The van der Waals surface area contributed by atoms with Crippen LogP contribution in [0.15, 0.2) is 72.8 Å². The van der Waals surface area contributed by atoms with E-state index in [2.05, 4.69) is 23.1 Å². The van der Waals surface area contributed by atoms with Crippen molar-refractivity contribution in [2.75, 3.05) is 33.4 Å². The second-order valence-corrected chi connectivity index (χ2v) is 9.33. The Balaban J connectivity index is 1.42. The predicted octanol–water partition coefficient (Wildman–Crippen LogP) is 6.28. The number of likely N-dealkylation sites (tertiary alicyclic amines) is 1. The summed E-state index contributed by atoms with van der Waals surface area (Å²) < 4.78 is 12.3. The fourth-order valence-corrected chi connectivity index (χ4v) is 5.57. The number of hydrogen-bond donors (Lipinski definition) is 0. The normalized spacial score (nSPS) is 14.0. The molecular formula is C28H27NO3S. The number of nitrogens with zero attached hydrogens (tertiary/aromatic N) is 1. The van der Waals surface area contributed by atoms with E-state index in [1.807, 2.05) is 54.6 Å². The lowest BCUT2D eigenvalue weighted by atomic mass is 9.97. The zero-order valence-corrected chi connectivity index (χ0v) is 19.6. The fraction of sp³-hybridized carbons (Fsp3) is 0.250. The van der Waals surface area contributed by atoms with Gasteiger partial charge in [0.25, 0.3) is 0 Å². The highest BCUT2D eigenvalue weighted by Crippen LogP contribution is 2.40. The Morgan fingerprint density at radius 2 is 1.61 bits per heavy atom. The summed E-state index contributed by atoms with van der Waals surface area (Å²) in [7, 11) is 1.63. The van der Waals surface area contributed by atoms with Crippen LogP contribution in [0.2, 0.25) is 0 Å². The molecule has 0 amide bonds. The van der Waals surface area contributed by atoms with Gasteiger partial charge in [0, 0.05) is 32.6 Å². The van der Waals surface area contributed by atoms with Crippen molar-refractivity contribution >= 4 is 27.2 Å². The number of carbonyl (C=O) groups is 1. The summed E-state index contributed by atoms with van der Waals surface area (Å²) in [6, 6.07) is 23.5. The van der Waals surface area contributed by atoms with Gasteiger partial charge in [-0.05, 0) is 86.1 Å². The van der Waals surface area contributed by atoms with E-state index >= 15 is 0 Å². The zero-order valence-electron chi connectivity index (χ0n) is 18.8. The first-order valence-corrected chi connectivity index (χ1v) is 12.2. The number of hydrogen-bond acceptors (Lipinski definition) is 5. The third kappa shape index (κ3) is 4.65. The van der Waals surface area contributed by atoms with E-state index in [1.54, 1.807) is 18.4 Å². The summed E-state index contributed by atoms with van der Waals surface area (Å²) in [6.45, 7) is 4.03. The van der Waals surface area contributed by atoms with Gasteiger partial charge in [0.2, 0.25) is 0 Å². The molecule has 1 aliphatic heterocycles. The lowest BCUT2D eigenvalue weighted by molar-refractivity contribution is 0.104. The summed E-state index contributed by atoms with van der Waals surface area (Å²) in [5.74, 6) is 1.63. The average Bonchev–Trinajstić information content (AvgIpc) is 3.52. The summed E-state index contributed by atoms with van der Waals surface area (Å²) >= 11 is 1.66. The Morgan fingerprint density at radius 3 is 2.33 bits per heavy atom. The first kappa shape index (κ1) is 21.7. The average molecular weight is 458 g/mol. The smallest absolute Gasteiger partial charge is 0.195 e. The standard InChI is InChI=1S/C28H27NO3S/c1-31-22-12-8-20(9-13-22)27(30)26-24-6-2-3-7-25(24)33-28(26)21-10-14-23(15-11-21)32-19-18-29-16-4-5-17-29/h2-3,6-15H,4-5,16-19H2,1H3. The van der Waals surface area contributed by atoms with Crippen LogP contribution in [0, 0.1) is 0 Å². The Kier molecular flexibility index (Phi) is 6.42. The van der Waals surface area contributed by atoms with Gasteiger partial charge < -0.3 is 9.47 Å². The number of benzene rings is 3. The maximum absolute atomic E-state index is 13.6. The quantitative estimate of drug-likeness (QED) is 0.292.